The van der Waals surface area contributed by atoms with Crippen molar-refractivity contribution in [1.29, 1.82) is 0 Å². The number of benzene rings is 3. The highest BCUT2D eigenvalue weighted by molar-refractivity contribution is 5.84. The summed E-state index contributed by atoms with van der Waals surface area (Å²) < 4.78 is 33.2. The van der Waals surface area contributed by atoms with Gasteiger partial charge >= 0.3 is 0 Å². The van der Waals surface area contributed by atoms with Crippen molar-refractivity contribution in [3.05, 3.63) is 107 Å². The maximum Gasteiger partial charge on any atom is 0.134 e. The number of ether oxygens (including phenoxy) is 1. The van der Waals surface area contributed by atoms with Gasteiger partial charge in [0.25, 0.3) is 0 Å². The molecule has 0 aliphatic rings. The Labute approximate surface area is 193 Å². The summed E-state index contributed by atoms with van der Waals surface area (Å²) in [7, 11) is 1.70. The van der Waals surface area contributed by atoms with Crippen LogP contribution in [-0.4, -0.2) is 23.7 Å². The quantitative estimate of drug-likeness (QED) is 0.278. The Morgan fingerprint density at radius 3 is 2.21 bits per heavy atom. The lowest BCUT2D eigenvalue weighted by molar-refractivity contribution is 0.195. The molecule has 0 bridgehead atoms. The van der Waals surface area contributed by atoms with E-state index in [0.29, 0.717) is 23.8 Å². The highest BCUT2D eigenvalue weighted by Crippen LogP contribution is 2.24. The first kappa shape index (κ1) is 23.0. The number of aryl methyl sites for hydroxylation is 5. The normalized spacial score (nSPS) is 11.2. The molecule has 1 aromatic heterocycles. The van der Waals surface area contributed by atoms with E-state index in [1.807, 2.05) is 42.7 Å². The van der Waals surface area contributed by atoms with E-state index < -0.39 is 0 Å². The molecular weight excluding hydrogens is 418 g/mol. The van der Waals surface area contributed by atoms with E-state index in [1.54, 1.807) is 19.2 Å². The lowest BCUT2D eigenvalue weighted by Gasteiger charge is -2.09. The first-order valence-corrected chi connectivity index (χ1v) is 11.4. The standard InChI is InChI=1S/C28H28F2N2O/c1-33-16-2-3-22-18-31-27(32-19-22)15-8-21-7-14-26-24(17-21)11-10-23(28(26)30)9-4-20-5-12-25(29)13-6-20/h5-7,10-14,17-19H,2-4,8-9,15-16H2,1H3. The molecular formula is C28H28F2N2O. The molecule has 0 spiro atoms. The predicted molar refractivity (Wildman–Crippen MR) is 127 cm³/mol. The summed E-state index contributed by atoms with van der Waals surface area (Å²) in [5.74, 6) is 0.384. The molecule has 0 atom stereocenters. The van der Waals surface area contributed by atoms with Crippen LogP contribution in [0.1, 0.15) is 34.5 Å². The minimum Gasteiger partial charge on any atom is -0.385 e. The van der Waals surface area contributed by atoms with Gasteiger partial charge in [-0.15, -0.1) is 0 Å². The van der Waals surface area contributed by atoms with Crippen molar-refractivity contribution in [2.24, 2.45) is 0 Å². The summed E-state index contributed by atoms with van der Waals surface area (Å²) in [6.07, 6.45) is 8.44. The average molecular weight is 447 g/mol. The molecule has 3 aromatic carbocycles. The minimum absolute atomic E-state index is 0.173. The van der Waals surface area contributed by atoms with Crippen LogP contribution in [0.5, 0.6) is 0 Å². The van der Waals surface area contributed by atoms with Crippen LogP contribution in [0.25, 0.3) is 10.8 Å². The van der Waals surface area contributed by atoms with Crippen molar-refractivity contribution in [1.82, 2.24) is 9.97 Å². The monoisotopic (exact) mass is 446 g/mol. The Balaban J connectivity index is 1.37. The van der Waals surface area contributed by atoms with Gasteiger partial charge in [0, 0.05) is 37.9 Å². The third-order valence-corrected chi connectivity index (χ3v) is 5.90. The lowest BCUT2D eigenvalue weighted by atomic mass is 9.98. The highest BCUT2D eigenvalue weighted by Gasteiger charge is 2.09. The van der Waals surface area contributed by atoms with Gasteiger partial charge in [-0.3, -0.25) is 0 Å². The maximum atomic E-state index is 15.1. The fourth-order valence-corrected chi connectivity index (χ4v) is 3.98. The number of fused-ring (bicyclic) bond motifs is 1. The highest BCUT2D eigenvalue weighted by atomic mass is 19.1. The molecule has 0 N–H and O–H groups in total. The summed E-state index contributed by atoms with van der Waals surface area (Å²) in [4.78, 5) is 8.96. The van der Waals surface area contributed by atoms with Crippen molar-refractivity contribution in [2.45, 2.75) is 38.5 Å². The van der Waals surface area contributed by atoms with Gasteiger partial charge in [0.15, 0.2) is 0 Å². The van der Waals surface area contributed by atoms with Gasteiger partial charge < -0.3 is 4.74 Å². The molecule has 33 heavy (non-hydrogen) atoms. The molecule has 5 heteroatoms. The average Bonchev–Trinajstić information content (AvgIpc) is 2.84. The van der Waals surface area contributed by atoms with E-state index >= 15 is 4.39 Å². The molecule has 0 amide bonds. The van der Waals surface area contributed by atoms with E-state index in [0.717, 1.165) is 60.2 Å². The first-order valence-electron chi connectivity index (χ1n) is 11.4. The summed E-state index contributed by atoms with van der Waals surface area (Å²) in [5, 5.41) is 1.52. The van der Waals surface area contributed by atoms with Crippen LogP contribution in [-0.2, 0) is 36.8 Å². The van der Waals surface area contributed by atoms with Crippen LogP contribution in [0, 0.1) is 11.6 Å². The van der Waals surface area contributed by atoms with Gasteiger partial charge in [-0.1, -0.05) is 42.5 Å². The summed E-state index contributed by atoms with van der Waals surface area (Å²) >= 11 is 0. The number of hydrogen-bond acceptors (Lipinski definition) is 3. The van der Waals surface area contributed by atoms with Crippen molar-refractivity contribution in [2.75, 3.05) is 13.7 Å². The van der Waals surface area contributed by atoms with Crippen molar-refractivity contribution >= 4 is 10.8 Å². The smallest absolute Gasteiger partial charge is 0.134 e. The summed E-state index contributed by atoms with van der Waals surface area (Å²) in [6.45, 7) is 0.736. The van der Waals surface area contributed by atoms with E-state index in [9.17, 15) is 4.39 Å². The molecule has 0 aliphatic carbocycles. The number of methoxy groups -OCH3 is 1. The van der Waals surface area contributed by atoms with Crippen LogP contribution < -0.4 is 0 Å². The zero-order chi connectivity index (χ0) is 23.0. The van der Waals surface area contributed by atoms with E-state index in [2.05, 4.69) is 9.97 Å². The molecule has 4 rings (SSSR count). The number of aromatic nitrogens is 2. The van der Waals surface area contributed by atoms with E-state index in [1.165, 1.54) is 12.1 Å². The zero-order valence-corrected chi connectivity index (χ0v) is 18.9. The Bertz CT molecular complexity index is 1190. The van der Waals surface area contributed by atoms with Crippen LogP contribution in [0.4, 0.5) is 8.78 Å². The van der Waals surface area contributed by atoms with Crippen LogP contribution in [0.3, 0.4) is 0 Å². The molecule has 4 aromatic rings. The van der Waals surface area contributed by atoms with Gasteiger partial charge in [0.05, 0.1) is 0 Å². The van der Waals surface area contributed by atoms with Crippen molar-refractivity contribution in [3.8, 4) is 0 Å². The molecule has 170 valence electrons. The predicted octanol–water partition coefficient (Wildman–Crippen LogP) is 6.06. The van der Waals surface area contributed by atoms with Gasteiger partial charge in [-0.05, 0) is 71.9 Å². The van der Waals surface area contributed by atoms with Crippen LogP contribution in [0.2, 0.25) is 0 Å². The van der Waals surface area contributed by atoms with Gasteiger partial charge in [-0.2, -0.15) is 0 Å². The molecule has 0 unspecified atom stereocenters. The van der Waals surface area contributed by atoms with Crippen LogP contribution >= 0.6 is 0 Å². The third-order valence-electron chi connectivity index (χ3n) is 5.90. The molecule has 0 saturated heterocycles. The Morgan fingerprint density at radius 2 is 1.45 bits per heavy atom. The molecule has 0 radical (unpaired) electrons. The SMILES string of the molecule is COCCCc1cnc(CCc2ccc3c(F)c(CCc4ccc(F)cc4)ccc3c2)nc1. The van der Waals surface area contributed by atoms with Gasteiger partial charge in [0.2, 0.25) is 0 Å². The lowest BCUT2D eigenvalue weighted by Crippen LogP contribution is -2.01. The Morgan fingerprint density at radius 1 is 0.727 bits per heavy atom. The number of nitrogens with zero attached hydrogens (tertiary/aromatic N) is 2. The number of hydrogen-bond donors (Lipinski definition) is 0. The third kappa shape index (κ3) is 6.20. The van der Waals surface area contributed by atoms with Crippen molar-refractivity contribution in [3.63, 3.8) is 0 Å². The zero-order valence-electron chi connectivity index (χ0n) is 18.9. The van der Waals surface area contributed by atoms with E-state index in [4.69, 9.17) is 4.74 Å². The summed E-state index contributed by atoms with van der Waals surface area (Å²) in [6, 6.07) is 16.1. The number of halogens is 2. The fourth-order valence-electron chi connectivity index (χ4n) is 3.98. The number of rotatable bonds is 10. The van der Waals surface area contributed by atoms with E-state index in [-0.39, 0.29) is 11.6 Å². The van der Waals surface area contributed by atoms with Crippen LogP contribution in [0.15, 0.2) is 67.0 Å². The molecule has 3 nitrogen and oxygen atoms in total. The minimum atomic E-state index is -0.257. The first-order chi connectivity index (χ1) is 16.1. The largest absolute Gasteiger partial charge is 0.385 e. The van der Waals surface area contributed by atoms with Crippen molar-refractivity contribution < 1.29 is 13.5 Å². The van der Waals surface area contributed by atoms with Gasteiger partial charge in [0.1, 0.15) is 17.5 Å². The second kappa shape index (κ2) is 11.1. The Kier molecular flexibility index (Phi) is 7.74. The molecule has 0 fully saturated rings. The van der Waals surface area contributed by atoms with Gasteiger partial charge in [-0.25, -0.2) is 18.7 Å². The fraction of sp³-hybridized carbons (Fsp3) is 0.286. The topological polar surface area (TPSA) is 35.0 Å². The summed E-state index contributed by atoms with van der Waals surface area (Å²) in [5.41, 5.74) is 3.93. The molecule has 0 saturated carbocycles. The maximum absolute atomic E-state index is 15.1. The second-order valence-electron chi connectivity index (χ2n) is 8.32. The Hall–Kier alpha value is -3.18. The second-order valence-corrected chi connectivity index (χ2v) is 8.32. The molecule has 0 aliphatic heterocycles. The molecule has 1 heterocycles.